The molecule has 0 spiro atoms. The van der Waals surface area contributed by atoms with E-state index >= 15 is 0 Å². The molecular formula is C12H13NOS. The summed E-state index contributed by atoms with van der Waals surface area (Å²) < 4.78 is 5.19. The van der Waals surface area contributed by atoms with Gasteiger partial charge < -0.3 is 4.74 Å². The second kappa shape index (κ2) is 4.45. The molecule has 0 N–H and O–H groups in total. The first kappa shape index (κ1) is 10.2. The number of methoxy groups -OCH3 is 1. The van der Waals surface area contributed by atoms with Crippen molar-refractivity contribution in [2.45, 2.75) is 13.3 Å². The van der Waals surface area contributed by atoms with E-state index < -0.39 is 0 Å². The summed E-state index contributed by atoms with van der Waals surface area (Å²) in [6.45, 7) is 2.14. The summed E-state index contributed by atoms with van der Waals surface area (Å²) in [6, 6.07) is 8.00. The number of nitrogens with zero attached hydrogens (tertiary/aromatic N) is 1. The fourth-order valence-electron chi connectivity index (χ4n) is 1.36. The molecule has 0 radical (unpaired) electrons. The number of aromatic nitrogens is 1. The van der Waals surface area contributed by atoms with Crippen molar-refractivity contribution in [1.29, 1.82) is 0 Å². The molecule has 0 fully saturated rings. The van der Waals surface area contributed by atoms with Crippen molar-refractivity contribution in [3.63, 3.8) is 0 Å². The lowest BCUT2D eigenvalue weighted by Gasteiger charge is -2.00. The van der Waals surface area contributed by atoms with Gasteiger partial charge in [0.25, 0.3) is 0 Å². The predicted molar refractivity (Wildman–Crippen MR) is 63.5 cm³/mol. The van der Waals surface area contributed by atoms with Crippen LogP contribution in [-0.2, 0) is 6.42 Å². The average molecular weight is 219 g/mol. The number of thiazole rings is 1. The third kappa shape index (κ3) is 2.18. The van der Waals surface area contributed by atoms with E-state index in [1.807, 2.05) is 24.4 Å². The molecule has 0 aliphatic heterocycles. The number of aryl methyl sites for hydroxylation is 1. The Morgan fingerprint density at radius 1 is 1.40 bits per heavy atom. The predicted octanol–water partition coefficient (Wildman–Crippen LogP) is 3.38. The van der Waals surface area contributed by atoms with Gasteiger partial charge in [-0.2, -0.15) is 0 Å². The third-order valence-electron chi connectivity index (χ3n) is 2.22. The van der Waals surface area contributed by atoms with Gasteiger partial charge in [-0.15, -0.1) is 11.3 Å². The maximum Gasteiger partial charge on any atom is 0.123 e. The van der Waals surface area contributed by atoms with Gasteiger partial charge in [0, 0.05) is 16.6 Å². The molecule has 1 aromatic carbocycles. The summed E-state index contributed by atoms with van der Waals surface area (Å²) in [7, 11) is 1.68. The largest absolute Gasteiger partial charge is 0.497 e. The molecule has 2 nitrogen and oxygen atoms in total. The fourth-order valence-corrected chi connectivity index (χ4v) is 2.21. The standard InChI is InChI=1S/C12H13NOS/c1-3-11-8-13-12(15-11)9-5-4-6-10(7-9)14-2/h4-8H,3H2,1-2H3. The van der Waals surface area contributed by atoms with Gasteiger partial charge in [0.15, 0.2) is 0 Å². The molecule has 3 heteroatoms. The fraction of sp³-hybridized carbons (Fsp3) is 0.250. The Hall–Kier alpha value is -1.35. The zero-order chi connectivity index (χ0) is 10.7. The molecule has 2 rings (SSSR count). The quantitative estimate of drug-likeness (QED) is 0.789. The van der Waals surface area contributed by atoms with Crippen molar-refractivity contribution in [1.82, 2.24) is 4.98 Å². The minimum atomic E-state index is 0.876. The van der Waals surface area contributed by atoms with Crippen LogP contribution in [0.25, 0.3) is 10.6 Å². The van der Waals surface area contributed by atoms with Gasteiger partial charge in [0.2, 0.25) is 0 Å². The molecule has 15 heavy (non-hydrogen) atoms. The monoisotopic (exact) mass is 219 g/mol. The van der Waals surface area contributed by atoms with Crippen LogP contribution in [0.5, 0.6) is 5.75 Å². The molecule has 0 atom stereocenters. The molecule has 0 amide bonds. The van der Waals surface area contributed by atoms with Gasteiger partial charge in [0.1, 0.15) is 10.8 Å². The second-order valence-corrected chi connectivity index (χ2v) is 4.33. The van der Waals surface area contributed by atoms with Crippen LogP contribution in [-0.4, -0.2) is 12.1 Å². The minimum absolute atomic E-state index is 0.876. The number of benzene rings is 1. The molecule has 1 aromatic heterocycles. The summed E-state index contributed by atoms with van der Waals surface area (Å²) >= 11 is 1.74. The number of ether oxygens (including phenoxy) is 1. The molecule has 0 saturated heterocycles. The summed E-state index contributed by atoms with van der Waals surface area (Å²) in [6.07, 6.45) is 2.99. The molecule has 0 saturated carbocycles. The Labute approximate surface area is 93.6 Å². The van der Waals surface area contributed by atoms with Crippen molar-refractivity contribution in [3.8, 4) is 16.3 Å². The van der Waals surface area contributed by atoms with Gasteiger partial charge in [-0.05, 0) is 18.6 Å². The SMILES string of the molecule is CCc1cnc(-c2cccc(OC)c2)s1. The summed E-state index contributed by atoms with van der Waals surface area (Å²) in [4.78, 5) is 5.71. The van der Waals surface area contributed by atoms with E-state index in [0.29, 0.717) is 0 Å². The Morgan fingerprint density at radius 3 is 2.93 bits per heavy atom. The van der Waals surface area contributed by atoms with Crippen LogP contribution in [0.4, 0.5) is 0 Å². The topological polar surface area (TPSA) is 22.1 Å². The van der Waals surface area contributed by atoms with E-state index in [-0.39, 0.29) is 0 Å². The minimum Gasteiger partial charge on any atom is -0.497 e. The molecule has 78 valence electrons. The van der Waals surface area contributed by atoms with Crippen molar-refractivity contribution < 1.29 is 4.74 Å². The van der Waals surface area contributed by atoms with Crippen molar-refractivity contribution >= 4 is 11.3 Å². The van der Waals surface area contributed by atoms with Gasteiger partial charge in [-0.25, -0.2) is 4.98 Å². The van der Waals surface area contributed by atoms with E-state index in [9.17, 15) is 0 Å². The number of hydrogen-bond donors (Lipinski definition) is 0. The van der Waals surface area contributed by atoms with Crippen LogP contribution in [0.1, 0.15) is 11.8 Å². The molecular weight excluding hydrogens is 206 g/mol. The lowest BCUT2D eigenvalue weighted by atomic mass is 10.2. The zero-order valence-electron chi connectivity index (χ0n) is 8.86. The van der Waals surface area contributed by atoms with E-state index in [0.717, 1.165) is 22.7 Å². The summed E-state index contributed by atoms with van der Waals surface area (Å²) in [5.74, 6) is 0.876. The summed E-state index contributed by atoms with van der Waals surface area (Å²) in [5, 5.41) is 1.06. The maximum atomic E-state index is 5.19. The van der Waals surface area contributed by atoms with E-state index in [1.165, 1.54) is 4.88 Å². The van der Waals surface area contributed by atoms with Crippen molar-refractivity contribution in [2.24, 2.45) is 0 Å². The van der Waals surface area contributed by atoms with E-state index in [4.69, 9.17) is 4.74 Å². The Morgan fingerprint density at radius 2 is 2.27 bits per heavy atom. The first-order chi connectivity index (χ1) is 7.33. The third-order valence-corrected chi connectivity index (χ3v) is 3.41. The highest BCUT2D eigenvalue weighted by Crippen LogP contribution is 2.27. The normalized spacial score (nSPS) is 10.3. The Balaban J connectivity index is 2.35. The van der Waals surface area contributed by atoms with Gasteiger partial charge >= 0.3 is 0 Å². The molecule has 0 aliphatic carbocycles. The highest BCUT2D eigenvalue weighted by molar-refractivity contribution is 7.15. The molecule has 2 aromatic rings. The number of hydrogen-bond acceptors (Lipinski definition) is 3. The Kier molecular flexibility index (Phi) is 3.02. The van der Waals surface area contributed by atoms with E-state index in [2.05, 4.69) is 18.0 Å². The van der Waals surface area contributed by atoms with Crippen LogP contribution in [0.2, 0.25) is 0 Å². The lowest BCUT2D eigenvalue weighted by molar-refractivity contribution is 0.415. The molecule has 0 aliphatic rings. The Bertz CT molecular complexity index is 450. The lowest BCUT2D eigenvalue weighted by Crippen LogP contribution is -1.82. The number of rotatable bonds is 3. The molecule has 0 bridgehead atoms. The van der Waals surface area contributed by atoms with Crippen molar-refractivity contribution in [3.05, 3.63) is 35.3 Å². The summed E-state index contributed by atoms with van der Waals surface area (Å²) in [5.41, 5.74) is 1.12. The van der Waals surface area contributed by atoms with E-state index in [1.54, 1.807) is 18.4 Å². The van der Waals surface area contributed by atoms with Crippen LogP contribution >= 0.6 is 11.3 Å². The van der Waals surface area contributed by atoms with Gasteiger partial charge in [-0.1, -0.05) is 19.1 Å². The van der Waals surface area contributed by atoms with Crippen LogP contribution < -0.4 is 4.74 Å². The van der Waals surface area contributed by atoms with Crippen molar-refractivity contribution in [2.75, 3.05) is 7.11 Å². The van der Waals surface area contributed by atoms with Gasteiger partial charge in [-0.3, -0.25) is 0 Å². The van der Waals surface area contributed by atoms with Gasteiger partial charge in [0.05, 0.1) is 7.11 Å². The van der Waals surface area contributed by atoms with Crippen LogP contribution in [0.15, 0.2) is 30.5 Å². The average Bonchev–Trinajstić information content (AvgIpc) is 2.78. The highest BCUT2D eigenvalue weighted by atomic mass is 32.1. The van der Waals surface area contributed by atoms with Crippen LogP contribution in [0.3, 0.4) is 0 Å². The highest BCUT2D eigenvalue weighted by Gasteiger charge is 2.04. The second-order valence-electron chi connectivity index (χ2n) is 3.22. The zero-order valence-corrected chi connectivity index (χ0v) is 9.67. The van der Waals surface area contributed by atoms with Crippen LogP contribution in [0, 0.1) is 0 Å². The maximum absolute atomic E-state index is 5.19. The molecule has 0 unspecified atom stereocenters. The first-order valence-corrected chi connectivity index (χ1v) is 5.74. The smallest absolute Gasteiger partial charge is 0.123 e. The first-order valence-electron chi connectivity index (χ1n) is 4.92. The molecule has 1 heterocycles.